The van der Waals surface area contributed by atoms with Crippen LogP contribution in [0.2, 0.25) is 0 Å². The van der Waals surface area contributed by atoms with Crippen LogP contribution in [0.1, 0.15) is 12.6 Å². The SMILES string of the molecule is COc1ccccc1N1CCN(CC(=O)Nc2cc(C)n(C)n2)C(C)C1=O. The summed E-state index contributed by atoms with van der Waals surface area (Å²) in [6.07, 6.45) is 0. The molecule has 0 aliphatic carbocycles. The summed E-state index contributed by atoms with van der Waals surface area (Å²) in [5.74, 6) is 0.951. The molecule has 2 heterocycles. The van der Waals surface area contributed by atoms with Crippen LogP contribution in [0.4, 0.5) is 11.5 Å². The summed E-state index contributed by atoms with van der Waals surface area (Å²) >= 11 is 0. The number of ether oxygens (including phenoxy) is 1. The molecular formula is C19H25N5O3. The third kappa shape index (κ3) is 3.95. The van der Waals surface area contributed by atoms with Crippen LogP contribution in [0.15, 0.2) is 30.3 Å². The first kappa shape index (κ1) is 18.9. The normalized spacial score (nSPS) is 17.9. The van der Waals surface area contributed by atoms with Gasteiger partial charge in [0.2, 0.25) is 11.8 Å². The first-order valence-electron chi connectivity index (χ1n) is 8.89. The van der Waals surface area contributed by atoms with Gasteiger partial charge in [-0.1, -0.05) is 12.1 Å². The van der Waals surface area contributed by atoms with E-state index in [0.29, 0.717) is 24.7 Å². The van der Waals surface area contributed by atoms with E-state index < -0.39 is 6.04 Å². The number of amides is 2. The van der Waals surface area contributed by atoms with Crippen molar-refractivity contribution in [2.45, 2.75) is 19.9 Å². The maximum atomic E-state index is 12.9. The van der Waals surface area contributed by atoms with Crippen molar-refractivity contribution >= 4 is 23.3 Å². The van der Waals surface area contributed by atoms with Crippen LogP contribution in [0.25, 0.3) is 0 Å². The van der Waals surface area contributed by atoms with E-state index >= 15 is 0 Å². The molecule has 27 heavy (non-hydrogen) atoms. The van der Waals surface area contributed by atoms with Gasteiger partial charge in [0.05, 0.1) is 25.4 Å². The van der Waals surface area contributed by atoms with Gasteiger partial charge in [0, 0.05) is 31.9 Å². The van der Waals surface area contributed by atoms with Crippen LogP contribution >= 0.6 is 0 Å². The lowest BCUT2D eigenvalue weighted by atomic mass is 10.1. The molecule has 1 aromatic heterocycles. The Kier molecular flexibility index (Phi) is 5.46. The number of carbonyl (C=O) groups excluding carboxylic acids is 2. The number of hydrogen-bond acceptors (Lipinski definition) is 5. The topological polar surface area (TPSA) is 79.7 Å². The van der Waals surface area contributed by atoms with Crippen LogP contribution in [0.3, 0.4) is 0 Å². The number of benzene rings is 1. The van der Waals surface area contributed by atoms with Crippen LogP contribution in [0.5, 0.6) is 5.75 Å². The summed E-state index contributed by atoms with van der Waals surface area (Å²) < 4.78 is 7.07. The molecule has 2 aromatic rings. The fourth-order valence-electron chi connectivity index (χ4n) is 3.21. The van der Waals surface area contributed by atoms with E-state index in [2.05, 4.69) is 10.4 Å². The van der Waals surface area contributed by atoms with Crippen molar-refractivity contribution in [3.63, 3.8) is 0 Å². The third-order valence-electron chi connectivity index (χ3n) is 4.89. The fraction of sp³-hybridized carbons (Fsp3) is 0.421. The molecular weight excluding hydrogens is 346 g/mol. The molecule has 1 atom stereocenters. The number of hydrogen-bond donors (Lipinski definition) is 1. The summed E-state index contributed by atoms with van der Waals surface area (Å²) in [4.78, 5) is 28.8. The first-order chi connectivity index (χ1) is 12.9. The Morgan fingerprint density at radius 1 is 1.33 bits per heavy atom. The van der Waals surface area contributed by atoms with Gasteiger partial charge in [0.25, 0.3) is 0 Å². The number of carbonyl (C=O) groups is 2. The highest BCUT2D eigenvalue weighted by Crippen LogP contribution is 2.30. The van der Waals surface area contributed by atoms with Gasteiger partial charge in [-0.05, 0) is 26.0 Å². The lowest BCUT2D eigenvalue weighted by Crippen LogP contribution is -2.57. The molecule has 1 N–H and O–H groups in total. The van der Waals surface area contributed by atoms with E-state index in [1.165, 1.54) is 0 Å². The van der Waals surface area contributed by atoms with Crippen molar-refractivity contribution in [3.05, 3.63) is 36.0 Å². The molecule has 1 aliphatic heterocycles. The van der Waals surface area contributed by atoms with Gasteiger partial charge in [-0.25, -0.2) is 0 Å². The maximum absolute atomic E-state index is 12.9. The van der Waals surface area contributed by atoms with E-state index in [1.807, 2.05) is 56.1 Å². The molecule has 0 spiro atoms. The Bertz CT molecular complexity index is 828. The molecule has 1 unspecified atom stereocenters. The molecule has 1 aromatic carbocycles. The molecule has 1 fully saturated rings. The number of nitrogens with one attached hydrogen (secondary N) is 1. The summed E-state index contributed by atoms with van der Waals surface area (Å²) in [6, 6.07) is 8.86. The van der Waals surface area contributed by atoms with E-state index in [4.69, 9.17) is 4.74 Å². The average Bonchev–Trinajstić information content (AvgIpc) is 2.96. The number of aryl methyl sites for hydroxylation is 2. The van der Waals surface area contributed by atoms with Gasteiger partial charge < -0.3 is 15.0 Å². The van der Waals surface area contributed by atoms with E-state index in [1.54, 1.807) is 16.7 Å². The zero-order valence-corrected chi connectivity index (χ0v) is 16.1. The largest absolute Gasteiger partial charge is 0.495 e. The molecule has 0 saturated carbocycles. The Morgan fingerprint density at radius 3 is 2.74 bits per heavy atom. The zero-order valence-electron chi connectivity index (χ0n) is 16.1. The van der Waals surface area contributed by atoms with Gasteiger partial charge >= 0.3 is 0 Å². The third-order valence-corrected chi connectivity index (χ3v) is 4.89. The van der Waals surface area contributed by atoms with E-state index in [9.17, 15) is 9.59 Å². The van der Waals surface area contributed by atoms with Crippen LogP contribution in [0, 0.1) is 6.92 Å². The molecule has 1 aliphatic rings. The van der Waals surface area contributed by atoms with Crippen LogP contribution in [-0.2, 0) is 16.6 Å². The number of methoxy groups -OCH3 is 1. The molecule has 2 amide bonds. The number of para-hydroxylation sites is 2. The van der Waals surface area contributed by atoms with Gasteiger partial charge in [0.15, 0.2) is 5.82 Å². The molecule has 1 saturated heterocycles. The van der Waals surface area contributed by atoms with E-state index in [0.717, 1.165) is 11.4 Å². The fourth-order valence-corrected chi connectivity index (χ4v) is 3.21. The Hall–Kier alpha value is -2.87. The lowest BCUT2D eigenvalue weighted by molar-refractivity contribution is -0.127. The predicted molar refractivity (Wildman–Crippen MR) is 103 cm³/mol. The van der Waals surface area contributed by atoms with Gasteiger partial charge in [-0.15, -0.1) is 0 Å². The molecule has 3 rings (SSSR count). The van der Waals surface area contributed by atoms with Gasteiger partial charge in [0.1, 0.15) is 5.75 Å². The molecule has 8 heteroatoms. The summed E-state index contributed by atoms with van der Waals surface area (Å²) in [7, 11) is 3.41. The number of nitrogens with zero attached hydrogens (tertiary/aromatic N) is 4. The lowest BCUT2D eigenvalue weighted by Gasteiger charge is -2.39. The summed E-state index contributed by atoms with van der Waals surface area (Å²) in [5.41, 5.74) is 1.71. The molecule has 8 nitrogen and oxygen atoms in total. The Labute approximate surface area is 158 Å². The predicted octanol–water partition coefficient (Wildman–Crippen LogP) is 1.41. The van der Waals surface area contributed by atoms with Crippen molar-refractivity contribution in [2.75, 3.05) is 37.0 Å². The van der Waals surface area contributed by atoms with E-state index in [-0.39, 0.29) is 18.4 Å². The quantitative estimate of drug-likeness (QED) is 0.860. The maximum Gasteiger partial charge on any atom is 0.244 e. The second-order valence-corrected chi connectivity index (χ2v) is 6.65. The van der Waals surface area contributed by atoms with Crippen LogP contribution < -0.4 is 15.0 Å². The zero-order chi connectivity index (χ0) is 19.6. The highest BCUT2D eigenvalue weighted by atomic mass is 16.5. The minimum Gasteiger partial charge on any atom is -0.495 e. The van der Waals surface area contributed by atoms with Crippen molar-refractivity contribution in [2.24, 2.45) is 7.05 Å². The van der Waals surface area contributed by atoms with Crippen molar-refractivity contribution in [3.8, 4) is 5.75 Å². The highest BCUT2D eigenvalue weighted by molar-refractivity contribution is 5.99. The Balaban J connectivity index is 1.65. The molecule has 0 radical (unpaired) electrons. The van der Waals surface area contributed by atoms with Crippen molar-refractivity contribution in [1.82, 2.24) is 14.7 Å². The Morgan fingerprint density at radius 2 is 2.07 bits per heavy atom. The first-order valence-corrected chi connectivity index (χ1v) is 8.89. The highest BCUT2D eigenvalue weighted by Gasteiger charge is 2.34. The van der Waals surface area contributed by atoms with Crippen LogP contribution in [-0.4, -0.2) is 59.3 Å². The standard InChI is InChI=1S/C19H25N5O3/c1-13-11-17(21-22(13)3)20-18(25)12-23-9-10-24(19(26)14(23)2)15-7-5-6-8-16(15)27-4/h5-8,11,14H,9-10,12H2,1-4H3,(H,20,21,25). The summed E-state index contributed by atoms with van der Waals surface area (Å²) in [6.45, 7) is 4.98. The van der Waals surface area contributed by atoms with Crippen molar-refractivity contribution in [1.29, 1.82) is 0 Å². The van der Waals surface area contributed by atoms with Gasteiger partial charge in [-0.2, -0.15) is 5.10 Å². The molecule has 144 valence electrons. The average molecular weight is 371 g/mol. The van der Waals surface area contributed by atoms with Gasteiger partial charge in [-0.3, -0.25) is 19.2 Å². The number of piperazine rings is 1. The smallest absolute Gasteiger partial charge is 0.244 e. The summed E-state index contributed by atoms with van der Waals surface area (Å²) in [5, 5.41) is 7.02. The number of rotatable bonds is 5. The number of anilines is 2. The van der Waals surface area contributed by atoms with Crippen molar-refractivity contribution < 1.29 is 14.3 Å². The minimum atomic E-state index is -0.403. The second kappa shape index (κ2) is 7.79. The number of aromatic nitrogens is 2. The second-order valence-electron chi connectivity index (χ2n) is 6.65. The molecule has 0 bridgehead atoms. The minimum absolute atomic E-state index is 0.0489. The monoisotopic (exact) mass is 371 g/mol.